The lowest BCUT2D eigenvalue weighted by Crippen LogP contribution is -2.07. The van der Waals surface area contributed by atoms with E-state index in [2.05, 4.69) is 58.7 Å². The van der Waals surface area contributed by atoms with Crippen LogP contribution in [0.2, 0.25) is 0 Å². The van der Waals surface area contributed by atoms with Crippen molar-refractivity contribution >= 4 is 11.5 Å². The molecule has 0 spiro atoms. The lowest BCUT2D eigenvalue weighted by molar-refractivity contribution is 0.925. The predicted molar refractivity (Wildman–Crippen MR) is 104 cm³/mol. The fourth-order valence-electron chi connectivity index (χ4n) is 2.95. The van der Waals surface area contributed by atoms with Crippen molar-refractivity contribution in [3.05, 3.63) is 77.7 Å². The Morgan fingerprint density at radius 2 is 1.88 bits per heavy atom. The summed E-state index contributed by atoms with van der Waals surface area (Å²) >= 11 is 0. The van der Waals surface area contributed by atoms with Gasteiger partial charge >= 0.3 is 0 Å². The first kappa shape index (κ1) is 16.3. The molecular formula is C21H21N5. The first-order valence-electron chi connectivity index (χ1n) is 8.82. The zero-order valence-electron chi connectivity index (χ0n) is 15.0. The number of nitrogens with zero attached hydrogens (tertiary/aromatic N) is 4. The minimum atomic E-state index is 0.681. The molecule has 0 bridgehead atoms. The molecule has 1 aromatic carbocycles. The van der Waals surface area contributed by atoms with Gasteiger partial charge in [0.25, 0.3) is 0 Å². The molecule has 3 heterocycles. The Kier molecular flexibility index (Phi) is 4.35. The van der Waals surface area contributed by atoms with Crippen molar-refractivity contribution in [1.29, 1.82) is 0 Å². The molecule has 0 radical (unpaired) electrons. The third-order valence-electron chi connectivity index (χ3n) is 4.50. The smallest absolute Gasteiger partial charge is 0.160 e. The summed E-state index contributed by atoms with van der Waals surface area (Å²) in [7, 11) is 0. The van der Waals surface area contributed by atoms with E-state index in [0.717, 1.165) is 40.3 Å². The Balaban J connectivity index is 1.73. The van der Waals surface area contributed by atoms with Gasteiger partial charge in [-0.1, -0.05) is 37.3 Å². The third kappa shape index (κ3) is 3.16. The quantitative estimate of drug-likeness (QED) is 0.588. The topological polar surface area (TPSA) is 55.1 Å². The van der Waals surface area contributed by atoms with Crippen molar-refractivity contribution in [3.63, 3.8) is 0 Å². The Morgan fingerprint density at radius 1 is 1.04 bits per heavy atom. The lowest BCUT2D eigenvalue weighted by atomic mass is 10.1. The Labute approximate surface area is 152 Å². The van der Waals surface area contributed by atoms with E-state index in [9.17, 15) is 0 Å². The van der Waals surface area contributed by atoms with Crippen LogP contribution < -0.4 is 5.32 Å². The summed E-state index contributed by atoms with van der Waals surface area (Å²) in [5.41, 5.74) is 6.42. The summed E-state index contributed by atoms with van der Waals surface area (Å²) in [6, 6.07) is 14.6. The number of anilines is 1. The zero-order chi connectivity index (χ0) is 17.9. The number of pyridine rings is 1. The van der Waals surface area contributed by atoms with Crippen LogP contribution >= 0.6 is 0 Å². The molecule has 0 fully saturated rings. The number of nitrogens with one attached hydrogen (secondary N) is 1. The monoisotopic (exact) mass is 343 g/mol. The molecule has 5 heteroatoms. The van der Waals surface area contributed by atoms with Crippen LogP contribution in [0.15, 0.2) is 61.1 Å². The second kappa shape index (κ2) is 6.96. The summed E-state index contributed by atoms with van der Waals surface area (Å²) in [6.45, 7) is 4.87. The second-order valence-electron chi connectivity index (χ2n) is 6.35. The molecule has 3 aromatic heterocycles. The second-order valence-corrected chi connectivity index (χ2v) is 6.35. The summed E-state index contributed by atoms with van der Waals surface area (Å²) in [4.78, 5) is 8.99. The minimum Gasteiger partial charge on any atom is -0.366 e. The summed E-state index contributed by atoms with van der Waals surface area (Å²) in [6.07, 6.45) is 6.53. The molecular weight excluding hydrogens is 322 g/mol. The average molecular weight is 343 g/mol. The highest BCUT2D eigenvalue weighted by Gasteiger charge is 2.11. The van der Waals surface area contributed by atoms with E-state index in [1.807, 2.05) is 29.9 Å². The van der Waals surface area contributed by atoms with Gasteiger partial charge in [0.05, 0.1) is 11.9 Å². The molecule has 0 aliphatic rings. The number of fused-ring (bicyclic) bond motifs is 1. The molecule has 4 aromatic rings. The van der Waals surface area contributed by atoms with Gasteiger partial charge in [-0.25, -0.2) is 4.98 Å². The van der Waals surface area contributed by atoms with Gasteiger partial charge in [-0.2, -0.15) is 9.61 Å². The maximum Gasteiger partial charge on any atom is 0.160 e. The standard InChI is InChI=1S/C21H21N5/c1-3-16-6-8-18(9-7-16)19-11-20(23-14-17-5-4-10-22-13-17)26-21(25-19)15(2)12-24-26/h4-13,23H,3,14H2,1-2H3. The number of benzene rings is 1. The van der Waals surface area contributed by atoms with E-state index in [0.29, 0.717) is 6.54 Å². The van der Waals surface area contributed by atoms with E-state index < -0.39 is 0 Å². The first-order chi connectivity index (χ1) is 12.7. The highest BCUT2D eigenvalue weighted by molar-refractivity contribution is 5.67. The highest BCUT2D eigenvalue weighted by atomic mass is 15.3. The van der Waals surface area contributed by atoms with Gasteiger partial charge in [-0.15, -0.1) is 0 Å². The number of aryl methyl sites for hydroxylation is 2. The Morgan fingerprint density at radius 3 is 2.62 bits per heavy atom. The lowest BCUT2D eigenvalue weighted by Gasteiger charge is -2.11. The molecule has 130 valence electrons. The summed E-state index contributed by atoms with van der Waals surface area (Å²) < 4.78 is 1.86. The largest absolute Gasteiger partial charge is 0.366 e. The first-order valence-corrected chi connectivity index (χ1v) is 8.82. The number of rotatable bonds is 5. The van der Waals surface area contributed by atoms with E-state index in [-0.39, 0.29) is 0 Å². The normalized spacial score (nSPS) is 11.0. The van der Waals surface area contributed by atoms with Crippen molar-refractivity contribution in [3.8, 4) is 11.3 Å². The van der Waals surface area contributed by atoms with Gasteiger partial charge in [-0.3, -0.25) is 4.98 Å². The molecule has 26 heavy (non-hydrogen) atoms. The van der Waals surface area contributed by atoms with Crippen LogP contribution in [0, 0.1) is 6.92 Å². The highest BCUT2D eigenvalue weighted by Crippen LogP contribution is 2.24. The maximum absolute atomic E-state index is 4.82. The molecule has 0 atom stereocenters. The van der Waals surface area contributed by atoms with Gasteiger partial charge in [0, 0.05) is 36.1 Å². The molecule has 0 unspecified atom stereocenters. The predicted octanol–water partition coefficient (Wildman–Crippen LogP) is 4.27. The van der Waals surface area contributed by atoms with Gasteiger partial charge in [0.15, 0.2) is 5.65 Å². The molecule has 0 aliphatic carbocycles. The van der Waals surface area contributed by atoms with Crippen LogP contribution in [0.25, 0.3) is 16.9 Å². The zero-order valence-corrected chi connectivity index (χ0v) is 15.0. The molecule has 0 saturated heterocycles. The molecule has 0 saturated carbocycles. The van der Waals surface area contributed by atoms with Gasteiger partial charge < -0.3 is 5.32 Å². The Bertz CT molecular complexity index is 1020. The summed E-state index contributed by atoms with van der Waals surface area (Å²) in [5.74, 6) is 0.918. The van der Waals surface area contributed by atoms with Crippen LogP contribution in [0.5, 0.6) is 0 Å². The number of aromatic nitrogens is 4. The molecule has 1 N–H and O–H groups in total. The number of hydrogen-bond donors (Lipinski definition) is 1. The van der Waals surface area contributed by atoms with Gasteiger partial charge in [-0.05, 0) is 30.5 Å². The fourth-order valence-corrected chi connectivity index (χ4v) is 2.95. The van der Waals surface area contributed by atoms with Crippen molar-refractivity contribution in [2.24, 2.45) is 0 Å². The van der Waals surface area contributed by atoms with Crippen LogP contribution in [-0.2, 0) is 13.0 Å². The van der Waals surface area contributed by atoms with E-state index in [4.69, 9.17) is 4.98 Å². The minimum absolute atomic E-state index is 0.681. The number of hydrogen-bond acceptors (Lipinski definition) is 4. The molecule has 5 nitrogen and oxygen atoms in total. The SMILES string of the molecule is CCc1ccc(-c2cc(NCc3cccnc3)n3ncc(C)c3n2)cc1. The molecule has 0 amide bonds. The van der Waals surface area contributed by atoms with Crippen LogP contribution in [0.1, 0.15) is 23.6 Å². The van der Waals surface area contributed by atoms with Crippen LogP contribution in [0.3, 0.4) is 0 Å². The van der Waals surface area contributed by atoms with Crippen LogP contribution in [-0.4, -0.2) is 19.6 Å². The van der Waals surface area contributed by atoms with Gasteiger partial charge in [0.1, 0.15) is 5.82 Å². The van der Waals surface area contributed by atoms with Crippen molar-refractivity contribution in [2.75, 3.05) is 5.32 Å². The van der Waals surface area contributed by atoms with E-state index >= 15 is 0 Å². The van der Waals surface area contributed by atoms with Crippen LogP contribution in [0.4, 0.5) is 5.82 Å². The van der Waals surface area contributed by atoms with Gasteiger partial charge in [0.2, 0.25) is 0 Å². The molecule has 4 rings (SSSR count). The fraction of sp³-hybridized carbons (Fsp3) is 0.190. The van der Waals surface area contributed by atoms with Crippen molar-refractivity contribution < 1.29 is 0 Å². The van der Waals surface area contributed by atoms with Crippen molar-refractivity contribution in [1.82, 2.24) is 19.6 Å². The van der Waals surface area contributed by atoms with Crippen molar-refractivity contribution in [2.45, 2.75) is 26.8 Å². The summed E-state index contributed by atoms with van der Waals surface area (Å²) in [5, 5.41) is 7.94. The molecule has 0 aliphatic heterocycles. The van der Waals surface area contributed by atoms with E-state index in [1.165, 1.54) is 5.56 Å². The Hall–Kier alpha value is -3.21. The third-order valence-corrected chi connectivity index (χ3v) is 4.50. The maximum atomic E-state index is 4.82. The average Bonchev–Trinajstić information content (AvgIpc) is 3.08. The van der Waals surface area contributed by atoms with E-state index in [1.54, 1.807) is 6.20 Å².